The van der Waals surface area contributed by atoms with Gasteiger partial charge in [-0.15, -0.1) is 0 Å². The zero-order valence-corrected chi connectivity index (χ0v) is 11.1. The maximum atomic E-state index is 13.1. The molecule has 2 nitrogen and oxygen atoms in total. The lowest BCUT2D eigenvalue weighted by Gasteiger charge is -2.14. The van der Waals surface area contributed by atoms with Gasteiger partial charge < -0.3 is 9.47 Å². The monoisotopic (exact) mass is 300 g/mol. The summed E-state index contributed by atoms with van der Waals surface area (Å²) in [5.41, 5.74) is -0.356. The van der Waals surface area contributed by atoms with Crippen LogP contribution in [0.15, 0.2) is 42.5 Å². The third-order valence-electron chi connectivity index (χ3n) is 2.80. The number of alkyl halides is 3. The van der Waals surface area contributed by atoms with Gasteiger partial charge in [-0.05, 0) is 29.8 Å². The van der Waals surface area contributed by atoms with Crippen LogP contribution in [0.1, 0.15) is 11.1 Å². The normalized spacial score (nSPS) is 11.3. The largest absolute Gasteiger partial charge is 0.497 e. The van der Waals surface area contributed by atoms with Gasteiger partial charge in [-0.3, -0.25) is 0 Å². The molecule has 6 heteroatoms. The average molecular weight is 300 g/mol. The minimum atomic E-state index is -4.59. The highest BCUT2D eigenvalue weighted by Crippen LogP contribution is 2.36. The molecule has 0 heterocycles. The number of benzene rings is 2. The van der Waals surface area contributed by atoms with Crippen molar-refractivity contribution in [3.8, 4) is 11.5 Å². The van der Waals surface area contributed by atoms with Crippen LogP contribution in [0.4, 0.5) is 17.6 Å². The average Bonchev–Trinajstić information content (AvgIpc) is 2.44. The molecule has 0 atom stereocenters. The van der Waals surface area contributed by atoms with Gasteiger partial charge in [0.2, 0.25) is 0 Å². The van der Waals surface area contributed by atoms with Crippen molar-refractivity contribution in [3.63, 3.8) is 0 Å². The first kappa shape index (κ1) is 15.2. The van der Waals surface area contributed by atoms with Crippen LogP contribution in [-0.4, -0.2) is 7.11 Å². The van der Waals surface area contributed by atoms with E-state index < -0.39 is 23.3 Å². The van der Waals surface area contributed by atoms with Crippen LogP contribution < -0.4 is 9.47 Å². The summed E-state index contributed by atoms with van der Waals surface area (Å²) in [6.45, 7) is -0.101. The molecule has 0 aromatic heterocycles. The van der Waals surface area contributed by atoms with Crippen molar-refractivity contribution in [3.05, 3.63) is 59.4 Å². The molecular formula is C15H12F4O2. The van der Waals surface area contributed by atoms with Gasteiger partial charge >= 0.3 is 6.18 Å². The van der Waals surface area contributed by atoms with E-state index in [9.17, 15) is 17.6 Å². The van der Waals surface area contributed by atoms with E-state index >= 15 is 0 Å². The van der Waals surface area contributed by atoms with Crippen LogP contribution in [-0.2, 0) is 12.8 Å². The van der Waals surface area contributed by atoms with Gasteiger partial charge in [-0.1, -0.05) is 12.1 Å². The van der Waals surface area contributed by atoms with E-state index in [4.69, 9.17) is 9.47 Å². The van der Waals surface area contributed by atoms with Gasteiger partial charge in [0.05, 0.1) is 12.7 Å². The molecule has 0 radical (unpaired) electrons. The predicted molar refractivity (Wildman–Crippen MR) is 68.7 cm³/mol. The Kier molecular flexibility index (Phi) is 4.35. The maximum Gasteiger partial charge on any atom is 0.419 e. The molecule has 2 rings (SSSR count). The molecule has 0 aliphatic heterocycles. The number of methoxy groups -OCH3 is 1. The van der Waals surface area contributed by atoms with Crippen molar-refractivity contribution in [2.24, 2.45) is 0 Å². The van der Waals surface area contributed by atoms with Crippen LogP contribution in [0.5, 0.6) is 11.5 Å². The molecule has 21 heavy (non-hydrogen) atoms. The quantitative estimate of drug-likeness (QED) is 0.778. The van der Waals surface area contributed by atoms with E-state index in [0.29, 0.717) is 17.4 Å². The van der Waals surface area contributed by atoms with Crippen molar-refractivity contribution in [1.29, 1.82) is 0 Å². The Morgan fingerprint density at radius 1 is 1.00 bits per heavy atom. The SMILES string of the molecule is COc1ccc(COc2cc(F)ccc2C(F)(F)F)cc1. The molecule has 0 aliphatic carbocycles. The van der Waals surface area contributed by atoms with Gasteiger partial charge in [0.15, 0.2) is 0 Å². The fraction of sp³-hybridized carbons (Fsp3) is 0.200. The molecule has 112 valence electrons. The van der Waals surface area contributed by atoms with Crippen molar-refractivity contribution >= 4 is 0 Å². The Bertz CT molecular complexity index is 606. The Morgan fingerprint density at radius 2 is 1.67 bits per heavy atom. The first-order chi connectivity index (χ1) is 9.90. The Morgan fingerprint density at radius 3 is 2.24 bits per heavy atom. The Balaban J connectivity index is 2.17. The topological polar surface area (TPSA) is 18.5 Å². The fourth-order valence-corrected chi connectivity index (χ4v) is 1.73. The van der Waals surface area contributed by atoms with E-state index in [1.165, 1.54) is 7.11 Å². The second-order valence-electron chi connectivity index (χ2n) is 4.27. The lowest BCUT2D eigenvalue weighted by molar-refractivity contribution is -0.139. The molecule has 0 bridgehead atoms. The van der Waals surface area contributed by atoms with Gasteiger partial charge in [0, 0.05) is 6.07 Å². The van der Waals surface area contributed by atoms with Crippen LogP contribution >= 0.6 is 0 Å². The molecule has 0 fully saturated rings. The van der Waals surface area contributed by atoms with Crippen LogP contribution in [0.2, 0.25) is 0 Å². The standard InChI is InChI=1S/C15H12F4O2/c1-20-12-5-2-10(3-6-12)9-21-14-8-11(16)4-7-13(14)15(17,18)19/h2-8H,9H2,1H3. The second kappa shape index (κ2) is 6.03. The number of hydrogen-bond donors (Lipinski definition) is 0. The highest BCUT2D eigenvalue weighted by molar-refractivity contribution is 5.36. The summed E-state index contributed by atoms with van der Waals surface area (Å²) >= 11 is 0. The predicted octanol–water partition coefficient (Wildman–Crippen LogP) is 4.43. The van der Waals surface area contributed by atoms with Gasteiger partial charge in [-0.25, -0.2) is 4.39 Å². The van der Waals surface area contributed by atoms with Crippen LogP contribution in [0.25, 0.3) is 0 Å². The summed E-state index contributed by atoms with van der Waals surface area (Å²) in [5.74, 6) is -0.688. The number of rotatable bonds is 4. The van der Waals surface area contributed by atoms with Crippen molar-refractivity contribution < 1.29 is 27.0 Å². The number of halogens is 4. The molecule has 0 amide bonds. The highest BCUT2D eigenvalue weighted by atomic mass is 19.4. The highest BCUT2D eigenvalue weighted by Gasteiger charge is 2.34. The lowest BCUT2D eigenvalue weighted by atomic mass is 10.2. The van der Waals surface area contributed by atoms with Crippen LogP contribution in [0.3, 0.4) is 0 Å². The fourth-order valence-electron chi connectivity index (χ4n) is 1.73. The molecular weight excluding hydrogens is 288 g/mol. The number of ether oxygens (including phenoxy) is 2. The second-order valence-corrected chi connectivity index (χ2v) is 4.27. The summed E-state index contributed by atoms with van der Waals surface area (Å²) in [6, 6.07) is 8.79. The van der Waals surface area contributed by atoms with Crippen molar-refractivity contribution in [2.75, 3.05) is 7.11 Å². The Labute approximate surface area is 118 Å². The first-order valence-corrected chi connectivity index (χ1v) is 6.02. The van der Waals surface area contributed by atoms with E-state index in [1.54, 1.807) is 24.3 Å². The zero-order valence-electron chi connectivity index (χ0n) is 11.1. The van der Waals surface area contributed by atoms with Crippen molar-refractivity contribution in [2.45, 2.75) is 12.8 Å². The molecule has 0 N–H and O–H groups in total. The molecule has 0 saturated carbocycles. The Hall–Kier alpha value is -2.24. The number of hydrogen-bond acceptors (Lipinski definition) is 2. The molecule has 0 unspecified atom stereocenters. The summed E-state index contributed by atoms with van der Waals surface area (Å²) in [5, 5.41) is 0. The van der Waals surface area contributed by atoms with E-state index in [2.05, 4.69) is 0 Å². The van der Waals surface area contributed by atoms with E-state index in [-0.39, 0.29) is 6.61 Å². The zero-order chi connectivity index (χ0) is 15.5. The minimum Gasteiger partial charge on any atom is -0.497 e. The van der Waals surface area contributed by atoms with E-state index in [0.717, 1.165) is 12.1 Å². The summed E-state index contributed by atoms with van der Waals surface area (Å²) < 4.78 is 61.5. The van der Waals surface area contributed by atoms with Gasteiger partial charge in [0.1, 0.15) is 23.9 Å². The smallest absolute Gasteiger partial charge is 0.419 e. The van der Waals surface area contributed by atoms with Gasteiger partial charge in [-0.2, -0.15) is 13.2 Å². The molecule has 2 aromatic rings. The maximum absolute atomic E-state index is 13.1. The molecule has 2 aromatic carbocycles. The summed E-state index contributed by atoms with van der Waals surface area (Å²) in [4.78, 5) is 0. The third-order valence-corrected chi connectivity index (χ3v) is 2.80. The third kappa shape index (κ3) is 3.87. The summed E-state index contributed by atoms with van der Waals surface area (Å²) in [6.07, 6.45) is -4.59. The van der Waals surface area contributed by atoms with E-state index in [1.807, 2.05) is 0 Å². The molecule has 0 spiro atoms. The van der Waals surface area contributed by atoms with Crippen LogP contribution in [0, 0.1) is 5.82 Å². The van der Waals surface area contributed by atoms with Gasteiger partial charge in [0.25, 0.3) is 0 Å². The lowest BCUT2D eigenvalue weighted by Crippen LogP contribution is -2.09. The minimum absolute atomic E-state index is 0.101. The molecule has 0 saturated heterocycles. The molecule has 0 aliphatic rings. The first-order valence-electron chi connectivity index (χ1n) is 6.02. The van der Waals surface area contributed by atoms with Crippen molar-refractivity contribution in [1.82, 2.24) is 0 Å². The summed E-state index contributed by atoms with van der Waals surface area (Å²) in [7, 11) is 1.51.